The molecule has 3 rings (SSSR count). The third kappa shape index (κ3) is 6.36. The lowest BCUT2D eigenvalue weighted by Gasteiger charge is -2.49. The zero-order valence-corrected chi connectivity index (χ0v) is 16.3. The average molecular weight is 411 g/mol. The van der Waals surface area contributed by atoms with E-state index in [1.165, 1.54) is 107 Å². The van der Waals surface area contributed by atoms with Crippen molar-refractivity contribution in [1.29, 1.82) is 0 Å². The minimum absolute atomic E-state index is 0. The standard InChI is InChI=1S/C17H33BrN.BrH/c18-12-7-5-3-1-2-4-6-8-13-19-14-9-17(10-15-19)11-16-19;/h17H,1-16H2;1H/q+1;/p-1. The van der Waals surface area contributed by atoms with E-state index in [0.29, 0.717) is 0 Å². The van der Waals surface area contributed by atoms with E-state index < -0.39 is 0 Å². The second kappa shape index (κ2) is 10.6. The summed E-state index contributed by atoms with van der Waals surface area (Å²) >= 11 is 3.50. The second-order valence-electron chi connectivity index (χ2n) is 6.99. The first-order chi connectivity index (χ1) is 9.35. The van der Waals surface area contributed by atoms with E-state index in [9.17, 15) is 0 Å². The molecule has 3 aliphatic rings. The van der Waals surface area contributed by atoms with Gasteiger partial charge in [-0.15, -0.1) is 0 Å². The summed E-state index contributed by atoms with van der Waals surface area (Å²) in [6.07, 6.45) is 16.2. The van der Waals surface area contributed by atoms with Gasteiger partial charge in [0, 0.05) is 5.33 Å². The van der Waals surface area contributed by atoms with E-state index in [2.05, 4.69) is 15.9 Å². The number of quaternary nitrogens is 1. The molecule has 2 bridgehead atoms. The van der Waals surface area contributed by atoms with Crippen molar-refractivity contribution in [3.05, 3.63) is 0 Å². The monoisotopic (exact) mass is 409 g/mol. The van der Waals surface area contributed by atoms with Crippen LogP contribution < -0.4 is 17.0 Å². The van der Waals surface area contributed by atoms with Crippen LogP contribution in [0.3, 0.4) is 0 Å². The Balaban J connectivity index is 0.00000200. The Morgan fingerprint density at radius 1 is 0.700 bits per heavy atom. The maximum Gasteiger partial charge on any atom is 0.0789 e. The van der Waals surface area contributed by atoms with Gasteiger partial charge in [-0.05, 0) is 44.4 Å². The van der Waals surface area contributed by atoms with Gasteiger partial charge in [-0.1, -0.05) is 48.0 Å². The summed E-state index contributed by atoms with van der Waals surface area (Å²) in [6, 6.07) is 0. The summed E-state index contributed by atoms with van der Waals surface area (Å²) < 4.78 is 1.50. The maximum absolute atomic E-state index is 3.50. The molecule has 3 heterocycles. The molecule has 0 aromatic rings. The van der Waals surface area contributed by atoms with E-state index >= 15 is 0 Å². The molecule has 0 radical (unpaired) electrons. The Kier molecular flexibility index (Phi) is 10.1. The molecule has 120 valence electrons. The number of rotatable bonds is 10. The van der Waals surface area contributed by atoms with E-state index in [1.807, 2.05) is 0 Å². The van der Waals surface area contributed by atoms with Gasteiger partial charge in [-0.25, -0.2) is 0 Å². The van der Waals surface area contributed by atoms with Crippen LogP contribution in [0.25, 0.3) is 0 Å². The number of nitrogens with zero attached hydrogens (tertiary/aromatic N) is 1. The first kappa shape index (κ1) is 19.0. The molecule has 3 aliphatic heterocycles. The molecule has 3 fully saturated rings. The largest absolute Gasteiger partial charge is 1.00 e. The predicted octanol–water partition coefficient (Wildman–Crippen LogP) is 2.14. The molecule has 0 aromatic heterocycles. The summed E-state index contributed by atoms with van der Waals surface area (Å²) in [5, 5.41) is 1.19. The van der Waals surface area contributed by atoms with Crippen LogP contribution in [0.2, 0.25) is 0 Å². The smallest absolute Gasteiger partial charge is 0.0789 e. The molecule has 0 spiro atoms. The molecular weight excluding hydrogens is 378 g/mol. The third-order valence-electron chi connectivity index (χ3n) is 5.55. The highest BCUT2D eigenvalue weighted by molar-refractivity contribution is 9.09. The molecule has 0 saturated carbocycles. The van der Waals surface area contributed by atoms with Crippen molar-refractivity contribution in [1.82, 2.24) is 0 Å². The van der Waals surface area contributed by atoms with E-state index in [1.54, 1.807) is 0 Å². The van der Waals surface area contributed by atoms with Gasteiger partial charge in [0.2, 0.25) is 0 Å². The first-order valence-electron chi connectivity index (χ1n) is 8.76. The highest BCUT2D eigenvalue weighted by Crippen LogP contribution is 2.33. The van der Waals surface area contributed by atoms with Crippen molar-refractivity contribution in [3.8, 4) is 0 Å². The quantitative estimate of drug-likeness (QED) is 0.294. The lowest BCUT2D eigenvalue weighted by atomic mass is 9.85. The molecule has 3 saturated heterocycles. The van der Waals surface area contributed by atoms with E-state index in [4.69, 9.17) is 0 Å². The van der Waals surface area contributed by atoms with Crippen LogP contribution >= 0.6 is 15.9 Å². The topological polar surface area (TPSA) is 0 Å². The van der Waals surface area contributed by atoms with Gasteiger partial charge in [0.05, 0.1) is 26.2 Å². The number of alkyl halides is 1. The van der Waals surface area contributed by atoms with Crippen LogP contribution in [0.4, 0.5) is 0 Å². The number of piperidine rings is 3. The molecule has 0 aliphatic carbocycles. The number of halogens is 2. The Bertz CT molecular complexity index is 223. The fraction of sp³-hybridized carbons (Fsp3) is 1.00. The Morgan fingerprint density at radius 3 is 1.65 bits per heavy atom. The molecule has 0 aromatic carbocycles. The molecule has 1 nitrogen and oxygen atoms in total. The number of hydrogen-bond acceptors (Lipinski definition) is 0. The summed E-state index contributed by atoms with van der Waals surface area (Å²) in [5.41, 5.74) is 0. The van der Waals surface area contributed by atoms with Gasteiger partial charge in [0.15, 0.2) is 0 Å². The van der Waals surface area contributed by atoms with Crippen molar-refractivity contribution in [2.75, 3.05) is 31.5 Å². The van der Waals surface area contributed by atoms with Gasteiger partial charge in [-0.2, -0.15) is 0 Å². The van der Waals surface area contributed by atoms with Crippen molar-refractivity contribution >= 4 is 15.9 Å². The fourth-order valence-electron chi connectivity index (χ4n) is 4.08. The lowest BCUT2D eigenvalue weighted by molar-refractivity contribution is -0.942. The van der Waals surface area contributed by atoms with Gasteiger partial charge >= 0.3 is 0 Å². The van der Waals surface area contributed by atoms with Gasteiger partial charge in [0.1, 0.15) is 0 Å². The van der Waals surface area contributed by atoms with Crippen molar-refractivity contribution < 1.29 is 21.5 Å². The number of hydrogen-bond donors (Lipinski definition) is 0. The van der Waals surface area contributed by atoms with Gasteiger partial charge in [-0.3, -0.25) is 0 Å². The van der Waals surface area contributed by atoms with Crippen LogP contribution in [0, 0.1) is 5.92 Å². The summed E-state index contributed by atoms with van der Waals surface area (Å²) in [4.78, 5) is 0. The number of unbranched alkanes of at least 4 members (excludes halogenated alkanes) is 7. The SMILES string of the molecule is BrCCCCCCCCCC[N+]12CCC(CC1)CC2.[Br-]. The van der Waals surface area contributed by atoms with Crippen LogP contribution in [0.1, 0.15) is 70.6 Å². The maximum atomic E-state index is 3.50. The summed E-state index contributed by atoms with van der Waals surface area (Å²) in [7, 11) is 0. The zero-order chi connectivity index (χ0) is 13.4. The fourth-order valence-corrected chi connectivity index (χ4v) is 4.47. The Morgan fingerprint density at radius 2 is 1.15 bits per heavy atom. The van der Waals surface area contributed by atoms with Crippen molar-refractivity contribution in [2.45, 2.75) is 70.6 Å². The minimum atomic E-state index is 0. The van der Waals surface area contributed by atoms with Crippen molar-refractivity contribution in [2.24, 2.45) is 5.92 Å². The van der Waals surface area contributed by atoms with Crippen LogP contribution in [-0.4, -0.2) is 36.0 Å². The van der Waals surface area contributed by atoms with Crippen LogP contribution in [0.5, 0.6) is 0 Å². The van der Waals surface area contributed by atoms with Crippen molar-refractivity contribution in [3.63, 3.8) is 0 Å². The van der Waals surface area contributed by atoms with Gasteiger partial charge in [0.25, 0.3) is 0 Å². The Labute approximate surface area is 145 Å². The number of fused-ring (bicyclic) bond motifs is 3. The first-order valence-corrected chi connectivity index (χ1v) is 9.88. The summed E-state index contributed by atoms with van der Waals surface area (Å²) in [5.74, 6) is 1.11. The lowest BCUT2D eigenvalue weighted by Crippen LogP contribution is -3.00. The average Bonchev–Trinajstić information content (AvgIpc) is 2.47. The van der Waals surface area contributed by atoms with E-state index in [0.717, 1.165) is 5.92 Å². The highest BCUT2D eigenvalue weighted by atomic mass is 79.9. The molecule has 0 N–H and O–H groups in total. The zero-order valence-electron chi connectivity index (χ0n) is 13.1. The molecule has 20 heavy (non-hydrogen) atoms. The third-order valence-corrected chi connectivity index (χ3v) is 6.11. The second-order valence-corrected chi connectivity index (χ2v) is 7.78. The highest BCUT2D eigenvalue weighted by Gasteiger charge is 2.38. The van der Waals surface area contributed by atoms with Crippen LogP contribution in [-0.2, 0) is 0 Å². The van der Waals surface area contributed by atoms with Gasteiger partial charge < -0.3 is 21.5 Å². The van der Waals surface area contributed by atoms with E-state index in [-0.39, 0.29) is 17.0 Å². The minimum Gasteiger partial charge on any atom is -1.00 e. The predicted molar refractivity (Wildman–Crippen MR) is 87.8 cm³/mol. The molecule has 3 heteroatoms. The Hall–Kier alpha value is 0.920. The molecule has 0 unspecified atom stereocenters. The molecule has 0 amide bonds. The molecular formula is C17H33Br2N. The summed E-state index contributed by atoms with van der Waals surface area (Å²) in [6.45, 7) is 6.03. The normalized spacial score (nSPS) is 28.4. The van der Waals surface area contributed by atoms with Crippen LogP contribution in [0.15, 0.2) is 0 Å². The molecule has 0 atom stereocenters.